The van der Waals surface area contributed by atoms with Gasteiger partial charge in [-0.3, -0.25) is 4.79 Å². The summed E-state index contributed by atoms with van der Waals surface area (Å²) in [6.45, 7) is 3.11. The third kappa shape index (κ3) is 4.56. The molecule has 3 N–H and O–H groups in total. The van der Waals surface area contributed by atoms with Crippen molar-refractivity contribution < 1.29 is 9.53 Å². The van der Waals surface area contributed by atoms with Gasteiger partial charge in [-0.25, -0.2) is 0 Å². The number of aromatic amines is 1. The highest BCUT2D eigenvalue weighted by Crippen LogP contribution is 2.17. The van der Waals surface area contributed by atoms with E-state index in [9.17, 15) is 4.79 Å². The third-order valence-electron chi connectivity index (χ3n) is 4.32. The maximum atomic E-state index is 11.8. The number of rotatable bonds is 8. The second-order valence-corrected chi connectivity index (χ2v) is 6.05. The second kappa shape index (κ2) is 8.13. The summed E-state index contributed by atoms with van der Waals surface area (Å²) in [5.74, 6) is 0.102. The highest BCUT2D eigenvalue weighted by molar-refractivity contribution is 5.83. The molecular formula is C18H25N3O2. The molecule has 1 aromatic carbocycles. The number of H-pyrrole nitrogens is 1. The van der Waals surface area contributed by atoms with E-state index in [1.54, 1.807) is 0 Å². The number of benzene rings is 1. The molecule has 0 spiro atoms. The van der Waals surface area contributed by atoms with Gasteiger partial charge >= 0.3 is 0 Å². The van der Waals surface area contributed by atoms with E-state index in [1.807, 2.05) is 18.3 Å². The van der Waals surface area contributed by atoms with Crippen LogP contribution in [0, 0.1) is 0 Å². The average Bonchev–Trinajstić information content (AvgIpc) is 3.22. The van der Waals surface area contributed by atoms with Crippen molar-refractivity contribution in [3.63, 3.8) is 0 Å². The Morgan fingerprint density at radius 3 is 3.09 bits per heavy atom. The van der Waals surface area contributed by atoms with E-state index < -0.39 is 0 Å². The fraction of sp³-hybridized carbons (Fsp3) is 0.500. The number of hydrogen-bond donors (Lipinski definition) is 3. The molecule has 1 amide bonds. The minimum Gasteiger partial charge on any atom is -0.377 e. The van der Waals surface area contributed by atoms with Crippen LogP contribution in [0.4, 0.5) is 0 Å². The summed E-state index contributed by atoms with van der Waals surface area (Å²) < 4.78 is 5.54. The lowest BCUT2D eigenvalue weighted by atomic mass is 10.1. The van der Waals surface area contributed by atoms with Gasteiger partial charge in [0, 0.05) is 49.8 Å². The van der Waals surface area contributed by atoms with E-state index in [-0.39, 0.29) is 5.91 Å². The number of aromatic nitrogens is 1. The molecule has 23 heavy (non-hydrogen) atoms. The zero-order valence-corrected chi connectivity index (χ0v) is 13.4. The molecule has 3 rings (SSSR count). The first kappa shape index (κ1) is 16.0. The normalized spacial score (nSPS) is 17.7. The Hall–Kier alpha value is -1.85. The molecule has 2 heterocycles. The Morgan fingerprint density at radius 1 is 1.30 bits per heavy atom. The molecule has 1 atom stereocenters. The largest absolute Gasteiger partial charge is 0.377 e. The molecule has 1 saturated heterocycles. The molecule has 1 aliphatic heterocycles. The van der Waals surface area contributed by atoms with Crippen LogP contribution in [0.25, 0.3) is 10.9 Å². The van der Waals surface area contributed by atoms with Crippen LogP contribution in [0.5, 0.6) is 0 Å². The van der Waals surface area contributed by atoms with Gasteiger partial charge in [0.25, 0.3) is 0 Å². The summed E-state index contributed by atoms with van der Waals surface area (Å²) in [5, 5.41) is 7.52. The number of carbonyl (C=O) groups is 1. The number of fused-ring (bicyclic) bond motifs is 1. The van der Waals surface area contributed by atoms with Crippen LogP contribution in [-0.4, -0.2) is 43.2 Å². The lowest BCUT2D eigenvalue weighted by Crippen LogP contribution is -2.32. The Bertz CT molecular complexity index is 632. The van der Waals surface area contributed by atoms with E-state index in [1.165, 1.54) is 10.9 Å². The summed E-state index contributed by atoms with van der Waals surface area (Å²) in [7, 11) is 0. The van der Waals surface area contributed by atoms with Gasteiger partial charge < -0.3 is 20.4 Å². The van der Waals surface area contributed by atoms with Gasteiger partial charge in [-0.1, -0.05) is 18.2 Å². The summed E-state index contributed by atoms with van der Waals surface area (Å²) >= 11 is 0. The first-order valence-corrected chi connectivity index (χ1v) is 8.47. The van der Waals surface area contributed by atoms with Gasteiger partial charge in [-0.05, 0) is 30.9 Å². The lowest BCUT2D eigenvalue weighted by Gasteiger charge is -2.10. The number of ether oxygens (including phenoxy) is 1. The summed E-state index contributed by atoms with van der Waals surface area (Å²) in [6, 6.07) is 8.24. The molecule has 1 aliphatic rings. The van der Waals surface area contributed by atoms with E-state index in [2.05, 4.69) is 27.8 Å². The van der Waals surface area contributed by atoms with Crippen molar-refractivity contribution in [1.82, 2.24) is 15.6 Å². The molecule has 0 aliphatic carbocycles. The van der Waals surface area contributed by atoms with Gasteiger partial charge in [-0.2, -0.15) is 0 Å². The molecule has 1 fully saturated rings. The van der Waals surface area contributed by atoms with Crippen molar-refractivity contribution in [2.45, 2.75) is 31.8 Å². The zero-order chi connectivity index (χ0) is 15.9. The summed E-state index contributed by atoms with van der Waals surface area (Å²) in [4.78, 5) is 15.1. The highest BCUT2D eigenvalue weighted by Gasteiger charge is 2.14. The van der Waals surface area contributed by atoms with Gasteiger partial charge in [-0.15, -0.1) is 0 Å². The Kier molecular flexibility index (Phi) is 5.66. The summed E-state index contributed by atoms with van der Waals surface area (Å²) in [6.07, 6.45) is 6.00. The predicted molar refractivity (Wildman–Crippen MR) is 91.5 cm³/mol. The van der Waals surface area contributed by atoms with Crippen molar-refractivity contribution in [3.05, 3.63) is 36.0 Å². The molecular weight excluding hydrogens is 290 g/mol. The van der Waals surface area contributed by atoms with Crippen LogP contribution in [0.2, 0.25) is 0 Å². The minimum atomic E-state index is 0.102. The number of nitrogens with one attached hydrogen (secondary N) is 3. The highest BCUT2D eigenvalue weighted by atomic mass is 16.5. The maximum Gasteiger partial charge on any atom is 0.221 e. The van der Waals surface area contributed by atoms with Gasteiger partial charge in [0.15, 0.2) is 0 Å². The summed E-state index contributed by atoms with van der Waals surface area (Å²) in [5.41, 5.74) is 2.39. The van der Waals surface area contributed by atoms with Crippen molar-refractivity contribution in [1.29, 1.82) is 0 Å². The van der Waals surface area contributed by atoms with E-state index in [0.717, 1.165) is 37.9 Å². The maximum absolute atomic E-state index is 11.8. The fourth-order valence-electron chi connectivity index (χ4n) is 3.03. The van der Waals surface area contributed by atoms with Gasteiger partial charge in [0.2, 0.25) is 5.91 Å². The van der Waals surface area contributed by atoms with Crippen molar-refractivity contribution in [3.8, 4) is 0 Å². The number of amides is 1. The van der Waals surface area contributed by atoms with Gasteiger partial charge in [0.05, 0.1) is 6.10 Å². The molecule has 0 radical (unpaired) electrons. The molecule has 5 nitrogen and oxygen atoms in total. The Morgan fingerprint density at radius 2 is 2.22 bits per heavy atom. The SMILES string of the molecule is O=C(CCNCC1CCCO1)NCCc1c[nH]c2ccccc12. The minimum absolute atomic E-state index is 0.102. The first-order chi connectivity index (χ1) is 11.3. The number of para-hydroxylation sites is 1. The van der Waals surface area contributed by atoms with Crippen LogP contribution < -0.4 is 10.6 Å². The lowest BCUT2D eigenvalue weighted by molar-refractivity contribution is -0.120. The average molecular weight is 315 g/mol. The Labute approximate surface area is 136 Å². The van der Waals surface area contributed by atoms with Crippen molar-refractivity contribution in [2.75, 3.05) is 26.2 Å². The van der Waals surface area contributed by atoms with Gasteiger partial charge in [0.1, 0.15) is 0 Å². The van der Waals surface area contributed by atoms with E-state index in [4.69, 9.17) is 4.74 Å². The van der Waals surface area contributed by atoms with Crippen LogP contribution in [0.15, 0.2) is 30.5 Å². The molecule has 0 bridgehead atoms. The van der Waals surface area contributed by atoms with Crippen LogP contribution in [0.1, 0.15) is 24.8 Å². The van der Waals surface area contributed by atoms with Crippen LogP contribution in [-0.2, 0) is 16.0 Å². The topological polar surface area (TPSA) is 66.2 Å². The standard InChI is InChI=1S/C18H25N3O2/c22-18(8-9-19-13-15-4-3-11-23-15)20-10-7-14-12-21-17-6-2-1-5-16(14)17/h1-2,5-6,12,15,19,21H,3-4,7-11,13H2,(H,20,22). The molecule has 1 aromatic heterocycles. The third-order valence-corrected chi connectivity index (χ3v) is 4.32. The first-order valence-electron chi connectivity index (χ1n) is 8.47. The van der Waals surface area contributed by atoms with Crippen molar-refractivity contribution in [2.24, 2.45) is 0 Å². The molecule has 124 valence electrons. The van der Waals surface area contributed by atoms with Crippen LogP contribution in [0.3, 0.4) is 0 Å². The smallest absolute Gasteiger partial charge is 0.221 e. The second-order valence-electron chi connectivity index (χ2n) is 6.05. The molecule has 2 aromatic rings. The quantitative estimate of drug-likeness (QED) is 0.653. The number of hydrogen-bond acceptors (Lipinski definition) is 3. The monoisotopic (exact) mass is 315 g/mol. The fourth-order valence-corrected chi connectivity index (χ4v) is 3.03. The van der Waals surface area contributed by atoms with E-state index >= 15 is 0 Å². The number of carbonyl (C=O) groups excluding carboxylic acids is 1. The van der Waals surface area contributed by atoms with Crippen LogP contribution >= 0.6 is 0 Å². The Balaban J connectivity index is 1.31. The molecule has 0 saturated carbocycles. The predicted octanol–water partition coefficient (Wildman–Crippen LogP) is 1.99. The molecule has 1 unspecified atom stereocenters. The van der Waals surface area contributed by atoms with E-state index in [0.29, 0.717) is 25.6 Å². The zero-order valence-electron chi connectivity index (χ0n) is 13.4. The molecule has 5 heteroatoms. The van der Waals surface area contributed by atoms with Crippen molar-refractivity contribution >= 4 is 16.8 Å².